The molecule has 1 aromatic rings. The zero-order valence-corrected chi connectivity index (χ0v) is 12.7. The Morgan fingerprint density at radius 3 is 3.05 bits per heavy atom. The molecule has 3 aliphatic carbocycles. The van der Waals surface area contributed by atoms with Crippen LogP contribution in [0.2, 0.25) is 0 Å². The third kappa shape index (κ3) is 1.43. The minimum atomic E-state index is 0.483. The Balaban J connectivity index is 1.77. The molecule has 3 aliphatic rings. The van der Waals surface area contributed by atoms with Crippen molar-refractivity contribution >= 4 is 0 Å². The van der Waals surface area contributed by atoms with Gasteiger partial charge in [0.25, 0.3) is 0 Å². The molecule has 0 radical (unpaired) electrons. The normalized spacial score (nSPS) is 37.6. The summed E-state index contributed by atoms with van der Waals surface area (Å²) in [4.78, 5) is 0. The molecule has 0 saturated heterocycles. The van der Waals surface area contributed by atoms with Gasteiger partial charge in [0.05, 0.1) is 7.11 Å². The van der Waals surface area contributed by atoms with Crippen LogP contribution in [0.1, 0.15) is 43.2 Å². The number of fused-ring (bicyclic) bond motifs is 3. The quantitative estimate of drug-likeness (QED) is 0.911. The second-order valence-corrected chi connectivity index (χ2v) is 7.19. The van der Waals surface area contributed by atoms with Crippen molar-refractivity contribution in [3.63, 3.8) is 0 Å². The van der Waals surface area contributed by atoms with Crippen LogP contribution < -0.4 is 10.1 Å². The van der Waals surface area contributed by atoms with Gasteiger partial charge in [-0.2, -0.15) is 0 Å². The largest absolute Gasteiger partial charge is 0.497 e. The summed E-state index contributed by atoms with van der Waals surface area (Å²) in [7, 11) is 3.90. The third-order valence-corrected chi connectivity index (χ3v) is 6.46. The van der Waals surface area contributed by atoms with Gasteiger partial charge in [-0.15, -0.1) is 0 Å². The van der Waals surface area contributed by atoms with E-state index in [4.69, 9.17) is 4.74 Å². The Morgan fingerprint density at radius 1 is 1.35 bits per heavy atom. The van der Waals surface area contributed by atoms with Crippen molar-refractivity contribution in [2.75, 3.05) is 20.7 Å². The van der Waals surface area contributed by atoms with Gasteiger partial charge in [-0.3, -0.25) is 0 Å². The van der Waals surface area contributed by atoms with Gasteiger partial charge in [0, 0.05) is 6.54 Å². The number of hydrogen-bond donors (Lipinski definition) is 1. The van der Waals surface area contributed by atoms with Gasteiger partial charge < -0.3 is 10.1 Å². The molecular formula is C18H25NO. The summed E-state index contributed by atoms with van der Waals surface area (Å²) in [5.74, 6) is 1.94. The average molecular weight is 271 g/mol. The highest BCUT2D eigenvalue weighted by atomic mass is 16.5. The smallest absolute Gasteiger partial charge is 0.119 e. The molecule has 3 unspecified atom stereocenters. The second-order valence-electron chi connectivity index (χ2n) is 7.19. The molecule has 4 rings (SSSR count). The first kappa shape index (κ1) is 12.7. The number of methoxy groups -OCH3 is 1. The van der Waals surface area contributed by atoms with Crippen LogP contribution >= 0.6 is 0 Å². The fourth-order valence-corrected chi connectivity index (χ4v) is 5.90. The second kappa shape index (κ2) is 4.24. The average Bonchev–Trinajstić information content (AvgIpc) is 2.47. The Bertz CT molecular complexity index is 536. The molecule has 1 aromatic carbocycles. The summed E-state index contributed by atoms with van der Waals surface area (Å²) in [5.41, 5.74) is 4.28. The highest BCUT2D eigenvalue weighted by Gasteiger charge is 2.66. The molecule has 1 N–H and O–H groups in total. The van der Waals surface area contributed by atoms with Crippen LogP contribution in [0.25, 0.3) is 0 Å². The minimum absolute atomic E-state index is 0.483. The lowest BCUT2D eigenvalue weighted by molar-refractivity contribution is -0.126. The summed E-state index contributed by atoms with van der Waals surface area (Å²) in [6, 6.07) is 6.79. The van der Waals surface area contributed by atoms with Crippen LogP contribution in [0.4, 0.5) is 0 Å². The summed E-state index contributed by atoms with van der Waals surface area (Å²) in [5, 5.41) is 3.47. The van der Waals surface area contributed by atoms with Crippen molar-refractivity contribution in [3.05, 3.63) is 29.3 Å². The Morgan fingerprint density at radius 2 is 2.25 bits per heavy atom. The SMILES string of the molecule is CNCC12CCCC3(C1)c1cc(OC)ccc1CCC23. The van der Waals surface area contributed by atoms with Crippen LogP contribution in [-0.4, -0.2) is 20.7 Å². The number of benzene rings is 1. The molecular weight excluding hydrogens is 246 g/mol. The zero-order chi connectivity index (χ0) is 13.8. The molecule has 2 nitrogen and oxygen atoms in total. The molecule has 0 amide bonds. The number of rotatable bonds is 3. The van der Waals surface area contributed by atoms with E-state index in [2.05, 4.69) is 30.6 Å². The van der Waals surface area contributed by atoms with Crippen molar-refractivity contribution in [1.29, 1.82) is 0 Å². The fraction of sp³-hybridized carbons (Fsp3) is 0.667. The van der Waals surface area contributed by atoms with Gasteiger partial charge >= 0.3 is 0 Å². The number of nitrogens with one attached hydrogen (secondary N) is 1. The van der Waals surface area contributed by atoms with Gasteiger partial charge in [0.1, 0.15) is 5.75 Å². The van der Waals surface area contributed by atoms with Gasteiger partial charge in [-0.25, -0.2) is 0 Å². The van der Waals surface area contributed by atoms with Gasteiger partial charge in [-0.05, 0) is 79.2 Å². The highest BCUT2D eigenvalue weighted by molar-refractivity contribution is 5.47. The van der Waals surface area contributed by atoms with Gasteiger partial charge in [0.2, 0.25) is 0 Å². The van der Waals surface area contributed by atoms with Crippen molar-refractivity contribution < 1.29 is 4.74 Å². The zero-order valence-electron chi connectivity index (χ0n) is 12.7. The lowest BCUT2D eigenvalue weighted by Crippen LogP contribution is -2.66. The predicted octanol–water partition coefficient (Wildman–Crippen LogP) is 3.29. The first-order chi connectivity index (χ1) is 9.74. The molecule has 108 valence electrons. The van der Waals surface area contributed by atoms with Crippen molar-refractivity contribution in [3.8, 4) is 5.75 Å². The van der Waals surface area contributed by atoms with E-state index in [1.165, 1.54) is 45.1 Å². The molecule has 20 heavy (non-hydrogen) atoms. The first-order valence-corrected chi connectivity index (χ1v) is 8.06. The summed E-state index contributed by atoms with van der Waals surface area (Å²) in [6.45, 7) is 1.21. The molecule has 0 aliphatic heterocycles. The van der Waals surface area contributed by atoms with E-state index in [9.17, 15) is 0 Å². The monoisotopic (exact) mass is 271 g/mol. The van der Waals surface area contributed by atoms with Crippen LogP contribution in [0, 0.1) is 11.3 Å². The lowest BCUT2D eigenvalue weighted by atomic mass is 9.35. The standard InChI is InChI=1S/C18H25NO/c1-19-12-17-8-3-9-18(11-17)15-10-14(20-2)6-4-13(15)5-7-16(17)18/h4,6,10,16,19H,3,5,7-9,11-12H2,1-2H3. The van der Waals surface area contributed by atoms with E-state index >= 15 is 0 Å². The molecule has 2 fully saturated rings. The Labute approximate surface area is 121 Å². The maximum absolute atomic E-state index is 5.48. The van der Waals surface area contributed by atoms with E-state index in [-0.39, 0.29) is 0 Å². The maximum Gasteiger partial charge on any atom is 0.119 e. The number of ether oxygens (including phenoxy) is 1. The molecule has 2 saturated carbocycles. The Hall–Kier alpha value is -1.02. The van der Waals surface area contributed by atoms with Crippen LogP contribution in [0.15, 0.2) is 18.2 Å². The van der Waals surface area contributed by atoms with Crippen LogP contribution in [-0.2, 0) is 11.8 Å². The van der Waals surface area contributed by atoms with Crippen molar-refractivity contribution in [2.24, 2.45) is 11.3 Å². The van der Waals surface area contributed by atoms with E-state index in [0.717, 1.165) is 11.7 Å². The van der Waals surface area contributed by atoms with E-state index in [1.807, 2.05) is 0 Å². The number of hydrogen-bond acceptors (Lipinski definition) is 2. The van der Waals surface area contributed by atoms with E-state index in [0.29, 0.717) is 10.8 Å². The third-order valence-electron chi connectivity index (χ3n) is 6.46. The lowest BCUT2D eigenvalue weighted by Gasteiger charge is -2.69. The van der Waals surface area contributed by atoms with Crippen LogP contribution in [0.5, 0.6) is 5.75 Å². The van der Waals surface area contributed by atoms with Crippen molar-refractivity contribution in [2.45, 2.75) is 43.9 Å². The molecule has 2 heteroatoms. The topological polar surface area (TPSA) is 21.3 Å². The molecule has 0 aromatic heterocycles. The van der Waals surface area contributed by atoms with E-state index < -0.39 is 0 Å². The minimum Gasteiger partial charge on any atom is -0.497 e. The number of aryl methyl sites for hydroxylation is 1. The summed E-state index contributed by atoms with van der Waals surface area (Å²) in [6.07, 6.45) is 8.27. The highest BCUT2D eigenvalue weighted by Crippen LogP contribution is 2.71. The Kier molecular flexibility index (Phi) is 2.69. The summed E-state index contributed by atoms with van der Waals surface area (Å²) >= 11 is 0. The molecule has 1 spiro atoms. The first-order valence-electron chi connectivity index (χ1n) is 8.06. The van der Waals surface area contributed by atoms with Crippen molar-refractivity contribution in [1.82, 2.24) is 5.32 Å². The van der Waals surface area contributed by atoms with Crippen LogP contribution in [0.3, 0.4) is 0 Å². The molecule has 3 atom stereocenters. The van der Waals surface area contributed by atoms with Gasteiger partial charge in [0.15, 0.2) is 0 Å². The summed E-state index contributed by atoms with van der Waals surface area (Å²) < 4.78 is 5.48. The fourth-order valence-electron chi connectivity index (χ4n) is 5.90. The molecule has 0 heterocycles. The predicted molar refractivity (Wildman–Crippen MR) is 81.3 cm³/mol. The maximum atomic E-state index is 5.48. The van der Waals surface area contributed by atoms with Gasteiger partial charge in [-0.1, -0.05) is 12.5 Å². The molecule has 2 bridgehead atoms. The van der Waals surface area contributed by atoms with E-state index in [1.54, 1.807) is 18.2 Å².